The van der Waals surface area contributed by atoms with Gasteiger partial charge in [0.15, 0.2) is 5.11 Å². The molecule has 2 amide bonds. The minimum atomic E-state index is -0.380. The molecule has 3 aromatic carbocycles. The Bertz CT molecular complexity index is 1070. The number of halogens is 2. The van der Waals surface area contributed by atoms with E-state index in [-0.39, 0.29) is 22.7 Å². The molecule has 0 aliphatic rings. The van der Waals surface area contributed by atoms with E-state index in [1.807, 2.05) is 6.07 Å². The number of carbonyl (C=O) groups is 2. The average Bonchev–Trinajstić information content (AvgIpc) is 2.69. The first-order chi connectivity index (χ1) is 13.9. The van der Waals surface area contributed by atoms with Crippen molar-refractivity contribution < 1.29 is 14.0 Å². The van der Waals surface area contributed by atoms with Crippen molar-refractivity contribution in [3.8, 4) is 0 Å². The van der Waals surface area contributed by atoms with E-state index >= 15 is 0 Å². The van der Waals surface area contributed by atoms with E-state index in [4.69, 9.17) is 12.2 Å². The highest BCUT2D eigenvalue weighted by Crippen LogP contribution is 2.14. The van der Waals surface area contributed by atoms with E-state index in [1.165, 1.54) is 24.3 Å². The summed E-state index contributed by atoms with van der Waals surface area (Å²) in [6.45, 7) is 0. The molecular formula is C21H15FIN3O2S. The van der Waals surface area contributed by atoms with Gasteiger partial charge in [-0.15, -0.1) is 0 Å². The zero-order chi connectivity index (χ0) is 20.8. The Balaban J connectivity index is 1.63. The summed E-state index contributed by atoms with van der Waals surface area (Å²) in [5, 5.41) is 8.30. The second-order valence-corrected chi connectivity index (χ2v) is 7.61. The van der Waals surface area contributed by atoms with Crippen molar-refractivity contribution in [2.75, 3.05) is 10.6 Å². The predicted molar refractivity (Wildman–Crippen MR) is 124 cm³/mol. The predicted octanol–water partition coefficient (Wildman–Crippen LogP) is 4.81. The van der Waals surface area contributed by atoms with Gasteiger partial charge in [0.1, 0.15) is 5.82 Å². The molecule has 0 bridgehead atoms. The molecule has 0 fully saturated rings. The molecule has 0 unspecified atom stereocenters. The first-order valence-electron chi connectivity index (χ1n) is 8.45. The Morgan fingerprint density at radius 1 is 0.793 bits per heavy atom. The van der Waals surface area contributed by atoms with E-state index < -0.39 is 0 Å². The van der Waals surface area contributed by atoms with Gasteiger partial charge in [-0.2, -0.15) is 0 Å². The first kappa shape index (κ1) is 20.9. The molecule has 3 aromatic rings. The highest BCUT2D eigenvalue weighted by atomic mass is 127. The summed E-state index contributed by atoms with van der Waals surface area (Å²) >= 11 is 7.32. The lowest BCUT2D eigenvalue weighted by Crippen LogP contribution is -2.34. The van der Waals surface area contributed by atoms with E-state index in [0.29, 0.717) is 22.5 Å². The van der Waals surface area contributed by atoms with Crippen LogP contribution in [0.3, 0.4) is 0 Å². The number of nitrogens with one attached hydrogen (secondary N) is 3. The van der Waals surface area contributed by atoms with Gasteiger partial charge in [0.05, 0.1) is 0 Å². The standard InChI is InChI=1S/C21H15FIN3O2S/c22-15-7-9-17(10-8-15)24-19(27)14-4-2-6-18(12-14)25-21(29)26-20(28)13-3-1-5-16(23)11-13/h1-12H,(H,24,27)(H2,25,26,28,29). The number of amides is 2. The highest BCUT2D eigenvalue weighted by Gasteiger charge is 2.10. The SMILES string of the molecule is O=C(NC(=S)Nc1cccc(C(=O)Nc2ccc(F)cc2)c1)c1cccc(I)c1. The maximum Gasteiger partial charge on any atom is 0.257 e. The molecule has 0 aliphatic carbocycles. The Labute approximate surface area is 185 Å². The summed E-state index contributed by atoms with van der Waals surface area (Å²) in [4.78, 5) is 24.7. The molecule has 0 aliphatic heterocycles. The van der Waals surface area contributed by atoms with Gasteiger partial charge in [0, 0.05) is 26.1 Å². The van der Waals surface area contributed by atoms with Crippen molar-refractivity contribution in [3.63, 3.8) is 0 Å². The zero-order valence-corrected chi connectivity index (χ0v) is 17.9. The molecule has 3 N–H and O–H groups in total. The van der Waals surface area contributed by atoms with Crippen LogP contribution in [-0.4, -0.2) is 16.9 Å². The van der Waals surface area contributed by atoms with Crippen molar-refractivity contribution in [1.82, 2.24) is 5.32 Å². The third-order valence-electron chi connectivity index (χ3n) is 3.80. The van der Waals surface area contributed by atoms with Crippen molar-refractivity contribution in [2.45, 2.75) is 0 Å². The van der Waals surface area contributed by atoms with Gasteiger partial charge in [-0.3, -0.25) is 14.9 Å². The molecule has 146 valence electrons. The fourth-order valence-corrected chi connectivity index (χ4v) is 3.20. The Hall–Kier alpha value is -2.85. The average molecular weight is 519 g/mol. The lowest BCUT2D eigenvalue weighted by molar-refractivity contribution is 0.0976. The topological polar surface area (TPSA) is 70.2 Å². The minimum absolute atomic E-state index is 0.116. The second-order valence-electron chi connectivity index (χ2n) is 5.96. The third-order valence-corrected chi connectivity index (χ3v) is 4.67. The molecule has 8 heteroatoms. The number of carbonyl (C=O) groups excluding carboxylic acids is 2. The normalized spacial score (nSPS) is 10.1. The maximum atomic E-state index is 13.0. The van der Waals surface area contributed by atoms with Crippen LogP contribution in [0.1, 0.15) is 20.7 Å². The molecule has 0 aromatic heterocycles. The number of hydrogen-bond donors (Lipinski definition) is 3. The van der Waals surface area contributed by atoms with Gasteiger partial charge in [-0.1, -0.05) is 12.1 Å². The zero-order valence-electron chi connectivity index (χ0n) is 14.9. The fourth-order valence-electron chi connectivity index (χ4n) is 2.44. The molecule has 0 heterocycles. The van der Waals surface area contributed by atoms with Crippen LogP contribution in [0, 0.1) is 9.39 Å². The lowest BCUT2D eigenvalue weighted by atomic mass is 10.2. The summed E-state index contributed by atoms with van der Waals surface area (Å²) in [7, 11) is 0. The van der Waals surface area contributed by atoms with Crippen molar-refractivity contribution in [1.29, 1.82) is 0 Å². The number of thiocarbonyl (C=S) groups is 1. The molecule has 29 heavy (non-hydrogen) atoms. The van der Waals surface area contributed by atoms with E-state index in [2.05, 4.69) is 38.5 Å². The quantitative estimate of drug-likeness (QED) is 0.342. The van der Waals surface area contributed by atoms with Crippen molar-refractivity contribution in [3.05, 3.63) is 93.3 Å². The Kier molecular flexibility index (Phi) is 6.89. The van der Waals surface area contributed by atoms with Crippen LogP contribution >= 0.6 is 34.8 Å². The number of benzene rings is 3. The van der Waals surface area contributed by atoms with Gasteiger partial charge in [0.25, 0.3) is 11.8 Å². The van der Waals surface area contributed by atoms with Crippen LogP contribution in [-0.2, 0) is 0 Å². The summed E-state index contributed by atoms with van der Waals surface area (Å²) in [6, 6.07) is 19.2. The van der Waals surface area contributed by atoms with Crippen LogP contribution in [0.15, 0.2) is 72.8 Å². The van der Waals surface area contributed by atoms with Crippen molar-refractivity contribution >= 4 is 63.1 Å². The molecule has 0 saturated heterocycles. The molecule has 0 saturated carbocycles. The van der Waals surface area contributed by atoms with E-state index in [9.17, 15) is 14.0 Å². The number of hydrogen-bond acceptors (Lipinski definition) is 3. The minimum Gasteiger partial charge on any atom is -0.332 e. The Morgan fingerprint density at radius 2 is 1.45 bits per heavy atom. The smallest absolute Gasteiger partial charge is 0.257 e. The summed E-state index contributed by atoms with van der Waals surface area (Å²) in [5.74, 6) is -1.06. The van der Waals surface area contributed by atoms with Crippen LogP contribution < -0.4 is 16.0 Å². The first-order valence-corrected chi connectivity index (χ1v) is 9.94. The fraction of sp³-hybridized carbons (Fsp3) is 0. The second kappa shape index (κ2) is 9.57. The van der Waals surface area contributed by atoms with Crippen LogP contribution in [0.4, 0.5) is 15.8 Å². The Morgan fingerprint density at radius 3 is 2.14 bits per heavy atom. The summed E-state index contributed by atoms with van der Waals surface area (Å²) < 4.78 is 13.9. The maximum absolute atomic E-state index is 13.0. The molecule has 5 nitrogen and oxygen atoms in total. The lowest BCUT2D eigenvalue weighted by Gasteiger charge is -2.11. The van der Waals surface area contributed by atoms with E-state index in [0.717, 1.165) is 3.57 Å². The van der Waals surface area contributed by atoms with Gasteiger partial charge >= 0.3 is 0 Å². The number of anilines is 2. The van der Waals surface area contributed by atoms with Gasteiger partial charge < -0.3 is 10.6 Å². The summed E-state index contributed by atoms with van der Waals surface area (Å²) in [6.07, 6.45) is 0. The van der Waals surface area contributed by atoms with Gasteiger partial charge in [-0.25, -0.2) is 4.39 Å². The molecular weight excluding hydrogens is 504 g/mol. The summed E-state index contributed by atoms with van der Waals surface area (Å²) in [5.41, 5.74) is 1.90. The van der Waals surface area contributed by atoms with Crippen molar-refractivity contribution in [2.24, 2.45) is 0 Å². The largest absolute Gasteiger partial charge is 0.332 e. The van der Waals surface area contributed by atoms with Gasteiger partial charge in [0.2, 0.25) is 0 Å². The van der Waals surface area contributed by atoms with Crippen LogP contribution in [0.5, 0.6) is 0 Å². The molecule has 0 atom stereocenters. The van der Waals surface area contributed by atoms with E-state index in [1.54, 1.807) is 42.5 Å². The van der Waals surface area contributed by atoms with Crippen LogP contribution in [0.25, 0.3) is 0 Å². The van der Waals surface area contributed by atoms with Crippen LogP contribution in [0.2, 0.25) is 0 Å². The van der Waals surface area contributed by atoms with Gasteiger partial charge in [-0.05, 0) is 95.5 Å². The monoisotopic (exact) mass is 519 g/mol. The third kappa shape index (κ3) is 6.06. The molecule has 3 rings (SSSR count). The highest BCUT2D eigenvalue weighted by molar-refractivity contribution is 14.1. The molecule has 0 spiro atoms. The molecule has 0 radical (unpaired) electrons. The number of rotatable bonds is 4.